The van der Waals surface area contributed by atoms with Gasteiger partial charge in [0, 0.05) is 5.56 Å². The summed E-state index contributed by atoms with van der Waals surface area (Å²) < 4.78 is 0. The zero-order chi connectivity index (χ0) is 14.0. The van der Waals surface area contributed by atoms with Crippen molar-refractivity contribution in [3.8, 4) is 17.3 Å². The summed E-state index contributed by atoms with van der Waals surface area (Å²) in [5, 5.41) is 9.98. The molecule has 0 aliphatic rings. The van der Waals surface area contributed by atoms with E-state index in [1.165, 1.54) is 0 Å². The highest BCUT2D eigenvalue weighted by molar-refractivity contribution is 6.49. The van der Waals surface area contributed by atoms with Crippen LogP contribution in [-0.4, -0.2) is 4.98 Å². The quantitative estimate of drug-likeness (QED) is 0.543. The predicted molar refractivity (Wildman–Crippen MR) is 79.0 cm³/mol. The van der Waals surface area contributed by atoms with E-state index in [-0.39, 0.29) is 11.4 Å². The molecule has 0 atom stereocenters. The molecule has 96 valence electrons. The number of aromatic nitrogens is 1. The van der Waals surface area contributed by atoms with Gasteiger partial charge in [0.2, 0.25) is 0 Å². The molecular weight excluding hydrogens is 326 g/mol. The van der Waals surface area contributed by atoms with Crippen molar-refractivity contribution in [2.24, 2.45) is 0 Å². The number of nitrogens with zero attached hydrogens (tertiary/aromatic N) is 2. The first kappa shape index (κ1) is 14.4. The van der Waals surface area contributed by atoms with Crippen LogP contribution in [-0.2, 0) is 6.42 Å². The van der Waals surface area contributed by atoms with Crippen LogP contribution in [0.3, 0.4) is 0 Å². The van der Waals surface area contributed by atoms with Gasteiger partial charge >= 0.3 is 0 Å². The summed E-state index contributed by atoms with van der Waals surface area (Å²) in [5.74, 6) is 0. The average molecular weight is 332 g/mol. The molecule has 1 aromatic carbocycles. The molecule has 19 heavy (non-hydrogen) atoms. The number of pyridine rings is 1. The zero-order valence-electron chi connectivity index (χ0n) is 9.42. The largest absolute Gasteiger partial charge is 0.236 e. The molecule has 6 heteroatoms. The molecule has 0 amide bonds. The van der Waals surface area contributed by atoms with Crippen molar-refractivity contribution in [3.63, 3.8) is 0 Å². The van der Waals surface area contributed by atoms with E-state index in [0.29, 0.717) is 26.5 Å². The van der Waals surface area contributed by atoms with Crippen LogP contribution in [0.15, 0.2) is 24.3 Å². The second-order valence-electron chi connectivity index (χ2n) is 3.74. The maximum absolute atomic E-state index is 8.73. The molecule has 2 rings (SSSR count). The van der Waals surface area contributed by atoms with Crippen LogP contribution in [0.1, 0.15) is 5.56 Å². The van der Waals surface area contributed by atoms with Gasteiger partial charge < -0.3 is 0 Å². The fraction of sp³-hybridized carbons (Fsp3) is 0.0769. The number of halogens is 4. The Morgan fingerprint density at radius 1 is 1.05 bits per heavy atom. The molecule has 0 aliphatic carbocycles. The normalized spacial score (nSPS) is 10.3. The molecule has 0 bridgehead atoms. The Morgan fingerprint density at radius 2 is 1.79 bits per heavy atom. The van der Waals surface area contributed by atoms with Crippen LogP contribution >= 0.6 is 46.4 Å². The maximum Gasteiger partial charge on any atom is 0.130 e. The van der Waals surface area contributed by atoms with Gasteiger partial charge in [0.15, 0.2) is 0 Å². The first-order chi connectivity index (χ1) is 9.02. The molecule has 0 aliphatic heterocycles. The summed E-state index contributed by atoms with van der Waals surface area (Å²) >= 11 is 24.0. The average Bonchev–Trinajstić information content (AvgIpc) is 2.36. The van der Waals surface area contributed by atoms with Gasteiger partial charge in [-0.2, -0.15) is 5.26 Å². The summed E-state index contributed by atoms with van der Waals surface area (Å²) in [6.45, 7) is 0. The first-order valence-electron chi connectivity index (χ1n) is 5.20. The number of rotatable bonds is 2. The lowest BCUT2D eigenvalue weighted by molar-refractivity contribution is 1.21. The van der Waals surface area contributed by atoms with Gasteiger partial charge in [0.1, 0.15) is 5.15 Å². The van der Waals surface area contributed by atoms with Crippen molar-refractivity contribution in [2.75, 3.05) is 0 Å². The van der Waals surface area contributed by atoms with Gasteiger partial charge in [-0.1, -0.05) is 46.4 Å². The summed E-state index contributed by atoms with van der Waals surface area (Å²) in [6.07, 6.45) is 0.244. The molecule has 0 radical (unpaired) electrons. The smallest absolute Gasteiger partial charge is 0.130 e. The van der Waals surface area contributed by atoms with E-state index in [4.69, 9.17) is 51.7 Å². The second-order valence-corrected chi connectivity index (χ2v) is 5.29. The minimum atomic E-state index is 0.244. The highest BCUT2D eigenvalue weighted by atomic mass is 35.5. The molecule has 0 spiro atoms. The Morgan fingerprint density at radius 3 is 2.47 bits per heavy atom. The molecule has 0 fully saturated rings. The molecule has 0 saturated carbocycles. The van der Waals surface area contributed by atoms with Crippen molar-refractivity contribution in [2.45, 2.75) is 6.42 Å². The highest BCUT2D eigenvalue weighted by Crippen LogP contribution is 2.37. The second kappa shape index (κ2) is 5.98. The SMILES string of the molecule is N#CCc1cc(Cl)nc(-c2ccc(Cl)c(Cl)c2Cl)c1. The van der Waals surface area contributed by atoms with Gasteiger partial charge in [0.25, 0.3) is 0 Å². The van der Waals surface area contributed by atoms with Crippen molar-refractivity contribution in [3.05, 3.63) is 50.0 Å². The lowest BCUT2D eigenvalue weighted by atomic mass is 10.1. The minimum Gasteiger partial charge on any atom is -0.236 e. The minimum absolute atomic E-state index is 0.244. The van der Waals surface area contributed by atoms with Crippen molar-refractivity contribution >= 4 is 46.4 Å². The van der Waals surface area contributed by atoms with Crippen molar-refractivity contribution in [1.29, 1.82) is 5.26 Å². The third kappa shape index (κ3) is 3.13. The molecule has 1 heterocycles. The zero-order valence-corrected chi connectivity index (χ0v) is 12.4. The molecule has 2 aromatic rings. The summed E-state index contributed by atoms with van der Waals surface area (Å²) in [5.41, 5.74) is 1.94. The van der Waals surface area contributed by atoms with Crippen LogP contribution < -0.4 is 0 Å². The number of benzene rings is 1. The van der Waals surface area contributed by atoms with Gasteiger partial charge in [-0.15, -0.1) is 0 Å². The molecule has 0 N–H and O–H groups in total. The molecular formula is C13H6Cl4N2. The molecule has 0 unspecified atom stereocenters. The van der Waals surface area contributed by atoms with E-state index in [1.807, 2.05) is 0 Å². The van der Waals surface area contributed by atoms with Crippen molar-refractivity contribution < 1.29 is 0 Å². The monoisotopic (exact) mass is 330 g/mol. The fourth-order valence-electron chi connectivity index (χ4n) is 1.60. The first-order valence-corrected chi connectivity index (χ1v) is 6.71. The van der Waals surface area contributed by atoms with Gasteiger partial charge in [-0.05, 0) is 29.8 Å². The Labute approximate surface area is 130 Å². The van der Waals surface area contributed by atoms with Crippen LogP contribution in [0.4, 0.5) is 0 Å². The third-order valence-corrected chi connectivity index (χ3v) is 3.94. The van der Waals surface area contributed by atoms with E-state index in [1.54, 1.807) is 24.3 Å². The Hall–Kier alpha value is -0.980. The van der Waals surface area contributed by atoms with Crippen molar-refractivity contribution in [1.82, 2.24) is 4.98 Å². The molecule has 2 nitrogen and oxygen atoms in total. The maximum atomic E-state index is 8.73. The predicted octanol–water partition coefficient (Wildman–Crippen LogP) is 5.43. The number of hydrogen-bond donors (Lipinski definition) is 0. The molecule has 1 aromatic heterocycles. The number of hydrogen-bond acceptors (Lipinski definition) is 2. The van der Waals surface area contributed by atoms with Crippen LogP contribution in [0.2, 0.25) is 20.2 Å². The topological polar surface area (TPSA) is 36.7 Å². The lowest BCUT2D eigenvalue weighted by Crippen LogP contribution is -1.91. The van der Waals surface area contributed by atoms with E-state index < -0.39 is 0 Å². The van der Waals surface area contributed by atoms with Gasteiger partial charge in [-0.25, -0.2) is 4.98 Å². The third-order valence-electron chi connectivity index (χ3n) is 2.45. The van der Waals surface area contributed by atoms with E-state index >= 15 is 0 Å². The standard InChI is InChI=1S/C13H6Cl4N2/c14-9-2-1-8(12(16)13(9)17)10-5-7(3-4-18)6-11(15)19-10/h1-2,5-6H,3H2. The summed E-state index contributed by atoms with van der Waals surface area (Å²) in [4.78, 5) is 4.19. The van der Waals surface area contributed by atoms with Gasteiger partial charge in [0.05, 0.1) is 33.3 Å². The van der Waals surface area contributed by atoms with Crippen LogP contribution in [0, 0.1) is 11.3 Å². The fourth-order valence-corrected chi connectivity index (χ4v) is 2.47. The van der Waals surface area contributed by atoms with Crippen LogP contribution in [0.25, 0.3) is 11.3 Å². The van der Waals surface area contributed by atoms with E-state index in [9.17, 15) is 0 Å². The molecule has 0 saturated heterocycles. The Balaban J connectivity index is 2.59. The Kier molecular flexibility index (Phi) is 4.54. The highest BCUT2D eigenvalue weighted by Gasteiger charge is 2.12. The summed E-state index contributed by atoms with van der Waals surface area (Å²) in [6, 6.07) is 8.80. The van der Waals surface area contributed by atoms with E-state index in [0.717, 1.165) is 5.56 Å². The summed E-state index contributed by atoms with van der Waals surface area (Å²) in [7, 11) is 0. The van der Waals surface area contributed by atoms with Gasteiger partial charge in [-0.3, -0.25) is 0 Å². The Bertz CT molecular complexity index is 677. The van der Waals surface area contributed by atoms with Crippen LogP contribution in [0.5, 0.6) is 0 Å². The number of nitriles is 1. The lowest BCUT2D eigenvalue weighted by Gasteiger charge is -2.08. The van der Waals surface area contributed by atoms with E-state index in [2.05, 4.69) is 11.1 Å².